The quantitative estimate of drug-likeness (QED) is 0.764. The number of para-hydroxylation sites is 1. The van der Waals surface area contributed by atoms with Crippen LogP contribution in [0.5, 0.6) is 0 Å². The summed E-state index contributed by atoms with van der Waals surface area (Å²) >= 11 is 0. The van der Waals surface area contributed by atoms with E-state index in [1.54, 1.807) is 0 Å². The van der Waals surface area contributed by atoms with Gasteiger partial charge < -0.3 is 9.73 Å². The van der Waals surface area contributed by atoms with E-state index in [0.29, 0.717) is 0 Å². The molecule has 3 heteroatoms. The Kier molecular flexibility index (Phi) is 3.79. The molecule has 0 saturated carbocycles. The SMILES string of the molecule is CC(NCCc1ccncc1)c1cc2ccccc2o1. The lowest BCUT2D eigenvalue weighted by Gasteiger charge is -2.10. The first-order valence-electron chi connectivity index (χ1n) is 6.94. The number of aromatic nitrogens is 1. The van der Waals surface area contributed by atoms with Gasteiger partial charge in [-0.3, -0.25) is 4.98 Å². The number of furan rings is 1. The highest BCUT2D eigenvalue weighted by Crippen LogP contribution is 2.23. The predicted octanol–water partition coefficient (Wildman–Crippen LogP) is 3.72. The summed E-state index contributed by atoms with van der Waals surface area (Å²) in [4.78, 5) is 4.03. The van der Waals surface area contributed by atoms with Crippen LogP contribution in [0.3, 0.4) is 0 Å². The molecule has 0 fully saturated rings. The molecule has 1 N–H and O–H groups in total. The Morgan fingerprint density at radius 2 is 1.95 bits per heavy atom. The largest absolute Gasteiger partial charge is 0.459 e. The molecular formula is C17H18N2O. The fourth-order valence-electron chi connectivity index (χ4n) is 2.30. The van der Waals surface area contributed by atoms with Gasteiger partial charge in [-0.25, -0.2) is 0 Å². The van der Waals surface area contributed by atoms with Crippen molar-refractivity contribution in [1.29, 1.82) is 0 Å². The third kappa shape index (κ3) is 2.89. The summed E-state index contributed by atoms with van der Waals surface area (Å²) in [5.74, 6) is 0.987. The van der Waals surface area contributed by atoms with Crippen molar-refractivity contribution in [3.8, 4) is 0 Å². The second-order valence-corrected chi connectivity index (χ2v) is 4.97. The molecular weight excluding hydrogens is 248 g/mol. The van der Waals surface area contributed by atoms with Crippen LogP contribution in [0, 0.1) is 0 Å². The average molecular weight is 266 g/mol. The summed E-state index contributed by atoms with van der Waals surface area (Å²) in [5.41, 5.74) is 2.24. The molecule has 0 amide bonds. The Morgan fingerprint density at radius 3 is 2.75 bits per heavy atom. The van der Waals surface area contributed by atoms with Crippen LogP contribution >= 0.6 is 0 Å². The molecule has 2 aromatic heterocycles. The molecule has 20 heavy (non-hydrogen) atoms. The van der Waals surface area contributed by atoms with E-state index < -0.39 is 0 Å². The first kappa shape index (κ1) is 12.9. The van der Waals surface area contributed by atoms with E-state index in [9.17, 15) is 0 Å². The Bertz CT molecular complexity index is 643. The Hall–Kier alpha value is -2.13. The van der Waals surface area contributed by atoms with Gasteiger partial charge in [-0.2, -0.15) is 0 Å². The fraction of sp³-hybridized carbons (Fsp3) is 0.235. The minimum absolute atomic E-state index is 0.212. The number of pyridine rings is 1. The zero-order valence-electron chi connectivity index (χ0n) is 11.5. The van der Waals surface area contributed by atoms with E-state index in [0.717, 1.165) is 29.7 Å². The van der Waals surface area contributed by atoms with Crippen LogP contribution in [-0.2, 0) is 6.42 Å². The smallest absolute Gasteiger partial charge is 0.134 e. The van der Waals surface area contributed by atoms with E-state index in [1.807, 2.05) is 42.7 Å². The Balaban J connectivity index is 1.60. The molecule has 0 radical (unpaired) electrons. The van der Waals surface area contributed by atoms with Gasteiger partial charge in [0.1, 0.15) is 11.3 Å². The molecule has 1 atom stereocenters. The first-order valence-corrected chi connectivity index (χ1v) is 6.94. The summed E-state index contributed by atoms with van der Waals surface area (Å²) in [6.45, 7) is 3.05. The maximum Gasteiger partial charge on any atom is 0.134 e. The van der Waals surface area contributed by atoms with E-state index in [-0.39, 0.29) is 6.04 Å². The zero-order chi connectivity index (χ0) is 13.8. The molecule has 3 aromatic rings. The molecule has 0 spiro atoms. The Morgan fingerprint density at radius 1 is 1.15 bits per heavy atom. The van der Waals surface area contributed by atoms with Crippen molar-refractivity contribution in [3.05, 3.63) is 66.2 Å². The van der Waals surface area contributed by atoms with Crippen LogP contribution in [0.4, 0.5) is 0 Å². The van der Waals surface area contributed by atoms with Crippen LogP contribution in [-0.4, -0.2) is 11.5 Å². The van der Waals surface area contributed by atoms with Crippen molar-refractivity contribution < 1.29 is 4.42 Å². The topological polar surface area (TPSA) is 38.1 Å². The number of hydrogen-bond donors (Lipinski definition) is 1. The molecule has 0 aliphatic rings. The second-order valence-electron chi connectivity index (χ2n) is 4.97. The molecule has 0 aliphatic carbocycles. The van der Waals surface area contributed by atoms with Gasteiger partial charge in [-0.15, -0.1) is 0 Å². The van der Waals surface area contributed by atoms with Gasteiger partial charge in [-0.05, 0) is 49.7 Å². The van der Waals surface area contributed by atoms with Gasteiger partial charge >= 0.3 is 0 Å². The number of nitrogens with zero attached hydrogens (tertiary/aromatic N) is 1. The van der Waals surface area contributed by atoms with Crippen LogP contribution in [0.1, 0.15) is 24.3 Å². The minimum Gasteiger partial charge on any atom is -0.459 e. The summed E-state index contributed by atoms with van der Waals surface area (Å²) in [7, 11) is 0. The van der Waals surface area contributed by atoms with Crippen LogP contribution in [0.2, 0.25) is 0 Å². The normalized spacial score (nSPS) is 12.7. The van der Waals surface area contributed by atoms with Crippen molar-refractivity contribution in [1.82, 2.24) is 10.3 Å². The molecule has 1 aromatic carbocycles. The maximum absolute atomic E-state index is 5.86. The van der Waals surface area contributed by atoms with E-state index >= 15 is 0 Å². The van der Waals surface area contributed by atoms with Gasteiger partial charge in [0.15, 0.2) is 0 Å². The summed E-state index contributed by atoms with van der Waals surface area (Å²) in [6, 6.07) is 14.5. The molecule has 0 saturated heterocycles. The highest BCUT2D eigenvalue weighted by atomic mass is 16.3. The van der Waals surface area contributed by atoms with Gasteiger partial charge in [0, 0.05) is 17.8 Å². The molecule has 3 nitrogen and oxygen atoms in total. The van der Waals surface area contributed by atoms with Crippen LogP contribution in [0.25, 0.3) is 11.0 Å². The standard InChI is InChI=1S/C17H18N2O/c1-13(19-11-8-14-6-9-18-10-7-14)17-12-15-4-2-3-5-16(15)20-17/h2-7,9-10,12-13,19H,8,11H2,1H3. The third-order valence-electron chi connectivity index (χ3n) is 3.48. The van der Waals surface area contributed by atoms with Gasteiger partial charge in [0.2, 0.25) is 0 Å². The summed E-state index contributed by atoms with van der Waals surface area (Å²) in [6.07, 6.45) is 4.66. The molecule has 3 rings (SSSR count). The van der Waals surface area contributed by atoms with E-state index in [2.05, 4.69) is 29.4 Å². The van der Waals surface area contributed by atoms with Crippen LogP contribution in [0.15, 0.2) is 59.3 Å². The fourth-order valence-corrected chi connectivity index (χ4v) is 2.30. The van der Waals surface area contributed by atoms with Crippen molar-refractivity contribution in [3.63, 3.8) is 0 Å². The lowest BCUT2D eigenvalue weighted by Crippen LogP contribution is -2.20. The molecule has 2 heterocycles. The first-order chi connectivity index (χ1) is 9.83. The summed E-state index contributed by atoms with van der Waals surface area (Å²) in [5, 5.41) is 4.65. The van der Waals surface area contributed by atoms with Gasteiger partial charge in [0.05, 0.1) is 6.04 Å². The average Bonchev–Trinajstić information content (AvgIpc) is 2.92. The molecule has 0 bridgehead atoms. The zero-order valence-corrected chi connectivity index (χ0v) is 11.5. The minimum atomic E-state index is 0.212. The Labute approximate surface area is 118 Å². The third-order valence-corrected chi connectivity index (χ3v) is 3.48. The number of benzene rings is 1. The second kappa shape index (κ2) is 5.88. The van der Waals surface area contributed by atoms with Crippen molar-refractivity contribution in [2.45, 2.75) is 19.4 Å². The number of nitrogens with one attached hydrogen (secondary N) is 1. The number of fused-ring (bicyclic) bond motifs is 1. The van der Waals surface area contributed by atoms with Crippen molar-refractivity contribution in [2.75, 3.05) is 6.54 Å². The lowest BCUT2D eigenvalue weighted by molar-refractivity contribution is 0.453. The number of rotatable bonds is 5. The highest BCUT2D eigenvalue weighted by molar-refractivity contribution is 5.77. The monoisotopic (exact) mass is 266 g/mol. The van der Waals surface area contributed by atoms with E-state index in [1.165, 1.54) is 5.56 Å². The molecule has 0 aliphatic heterocycles. The van der Waals surface area contributed by atoms with Gasteiger partial charge in [-0.1, -0.05) is 18.2 Å². The van der Waals surface area contributed by atoms with E-state index in [4.69, 9.17) is 4.42 Å². The molecule has 1 unspecified atom stereocenters. The summed E-state index contributed by atoms with van der Waals surface area (Å²) < 4.78 is 5.86. The predicted molar refractivity (Wildman–Crippen MR) is 80.6 cm³/mol. The highest BCUT2D eigenvalue weighted by Gasteiger charge is 2.10. The van der Waals surface area contributed by atoms with Gasteiger partial charge in [0.25, 0.3) is 0 Å². The molecule has 102 valence electrons. The van der Waals surface area contributed by atoms with Crippen LogP contribution < -0.4 is 5.32 Å². The van der Waals surface area contributed by atoms with Crippen molar-refractivity contribution in [2.24, 2.45) is 0 Å². The lowest BCUT2D eigenvalue weighted by atomic mass is 10.2. The maximum atomic E-state index is 5.86. The van der Waals surface area contributed by atoms with Crippen molar-refractivity contribution >= 4 is 11.0 Å². The number of hydrogen-bond acceptors (Lipinski definition) is 3.